The molecule has 2 aromatic heterocycles. The third-order valence-electron chi connectivity index (χ3n) is 1.95. The average Bonchev–Trinajstić information content (AvgIpc) is 2.31. The summed E-state index contributed by atoms with van der Waals surface area (Å²) in [5.74, 6) is -0.00791. The molecule has 0 N–H and O–H groups in total. The summed E-state index contributed by atoms with van der Waals surface area (Å²) in [6, 6.07) is 8.73. The van der Waals surface area contributed by atoms with Gasteiger partial charge in [-0.1, -0.05) is 6.07 Å². The fourth-order valence-corrected chi connectivity index (χ4v) is 1.23. The number of rotatable bonds is 3. The zero-order valence-electron chi connectivity index (χ0n) is 8.54. The van der Waals surface area contributed by atoms with Crippen molar-refractivity contribution >= 4 is 5.97 Å². The number of carbonyl (C=O) groups is 1. The lowest BCUT2D eigenvalue weighted by Crippen LogP contribution is -2.11. The molecule has 2 rings (SSSR count). The first-order valence-corrected chi connectivity index (χ1v) is 4.85. The summed E-state index contributed by atoms with van der Waals surface area (Å²) in [6.07, 6.45) is 5.08. The molecule has 2 heterocycles. The molecule has 0 bridgehead atoms. The molecule has 4 nitrogen and oxygen atoms in total. The number of pyridine rings is 2. The molecule has 0 aliphatic heterocycles. The van der Waals surface area contributed by atoms with Crippen molar-refractivity contribution in [2.75, 3.05) is 0 Å². The summed E-state index contributed by atoms with van der Waals surface area (Å²) in [4.78, 5) is 19.3. The normalized spacial score (nSPS) is 9.75. The summed E-state index contributed by atoms with van der Waals surface area (Å²) < 4.78 is 5.05. The molecule has 0 saturated carbocycles. The maximum absolute atomic E-state index is 11.5. The van der Waals surface area contributed by atoms with E-state index in [1.807, 2.05) is 0 Å². The van der Waals surface area contributed by atoms with Gasteiger partial charge in [-0.15, -0.1) is 0 Å². The van der Waals surface area contributed by atoms with Crippen LogP contribution in [0, 0.1) is 0 Å². The van der Waals surface area contributed by atoms with E-state index in [9.17, 15) is 4.79 Å². The van der Waals surface area contributed by atoms with Crippen LogP contribution < -0.4 is 4.74 Å². The van der Waals surface area contributed by atoms with Gasteiger partial charge in [-0.3, -0.25) is 9.78 Å². The number of aromatic nitrogens is 2. The maximum atomic E-state index is 11.5. The van der Waals surface area contributed by atoms with Crippen molar-refractivity contribution < 1.29 is 9.53 Å². The van der Waals surface area contributed by atoms with Gasteiger partial charge in [0.2, 0.25) is 5.88 Å². The van der Waals surface area contributed by atoms with Crippen LogP contribution in [0.15, 0.2) is 48.9 Å². The molecule has 0 aliphatic carbocycles. The van der Waals surface area contributed by atoms with Crippen LogP contribution in [0.25, 0.3) is 0 Å². The van der Waals surface area contributed by atoms with Crippen LogP contribution in [0.3, 0.4) is 0 Å². The highest BCUT2D eigenvalue weighted by atomic mass is 16.5. The molecule has 0 unspecified atom stereocenters. The molecule has 16 heavy (non-hydrogen) atoms. The first-order valence-electron chi connectivity index (χ1n) is 4.85. The van der Waals surface area contributed by atoms with Crippen molar-refractivity contribution in [3.63, 3.8) is 0 Å². The smallest absolute Gasteiger partial charge is 0.316 e. The molecule has 0 radical (unpaired) electrons. The van der Waals surface area contributed by atoms with Crippen molar-refractivity contribution in [1.82, 2.24) is 9.97 Å². The molecule has 0 saturated heterocycles. The van der Waals surface area contributed by atoms with E-state index in [1.54, 1.807) is 48.9 Å². The van der Waals surface area contributed by atoms with E-state index in [0.29, 0.717) is 5.88 Å². The van der Waals surface area contributed by atoms with Gasteiger partial charge < -0.3 is 4.74 Å². The van der Waals surface area contributed by atoms with Crippen molar-refractivity contribution in [3.8, 4) is 5.88 Å². The molecule has 0 spiro atoms. The Labute approximate surface area is 92.9 Å². The standard InChI is InChI=1S/C12H10N2O2/c15-12(9-10-4-7-13-8-5-10)16-11-3-1-2-6-14-11/h1-8H,9H2. The van der Waals surface area contributed by atoms with Gasteiger partial charge >= 0.3 is 5.97 Å². The van der Waals surface area contributed by atoms with Gasteiger partial charge in [0.1, 0.15) is 0 Å². The Balaban J connectivity index is 1.95. The molecule has 0 aromatic carbocycles. The van der Waals surface area contributed by atoms with Crippen LogP contribution in [0.2, 0.25) is 0 Å². The Morgan fingerprint density at radius 3 is 2.62 bits per heavy atom. The monoisotopic (exact) mass is 214 g/mol. The predicted octanol–water partition coefficient (Wildman–Crippen LogP) is 1.62. The lowest BCUT2D eigenvalue weighted by atomic mass is 10.2. The summed E-state index contributed by atoms with van der Waals surface area (Å²) in [5, 5.41) is 0. The second-order valence-corrected chi connectivity index (χ2v) is 3.17. The third-order valence-corrected chi connectivity index (χ3v) is 1.95. The quantitative estimate of drug-likeness (QED) is 0.728. The van der Waals surface area contributed by atoms with Gasteiger partial charge in [0.25, 0.3) is 0 Å². The molecular weight excluding hydrogens is 204 g/mol. The Morgan fingerprint density at radius 2 is 1.94 bits per heavy atom. The van der Waals surface area contributed by atoms with Crippen molar-refractivity contribution in [2.45, 2.75) is 6.42 Å². The fourth-order valence-electron chi connectivity index (χ4n) is 1.23. The maximum Gasteiger partial charge on any atom is 0.316 e. The zero-order chi connectivity index (χ0) is 11.2. The van der Waals surface area contributed by atoms with Gasteiger partial charge in [0.15, 0.2) is 0 Å². The summed E-state index contributed by atoms with van der Waals surface area (Å²) >= 11 is 0. The molecule has 0 fully saturated rings. The number of ether oxygens (including phenoxy) is 1. The number of hydrogen-bond donors (Lipinski definition) is 0. The van der Waals surface area contributed by atoms with E-state index in [4.69, 9.17) is 4.74 Å². The third kappa shape index (κ3) is 2.88. The SMILES string of the molecule is O=C(Cc1ccncc1)Oc1ccccn1. The topological polar surface area (TPSA) is 52.1 Å². The van der Waals surface area contributed by atoms with Gasteiger partial charge in [-0.25, -0.2) is 4.98 Å². The van der Waals surface area contributed by atoms with E-state index >= 15 is 0 Å². The van der Waals surface area contributed by atoms with Gasteiger partial charge in [-0.2, -0.15) is 0 Å². The predicted molar refractivity (Wildman–Crippen MR) is 57.8 cm³/mol. The Bertz CT molecular complexity index is 413. The van der Waals surface area contributed by atoms with Crippen LogP contribution in [-0.2, 0) is 11.2 Å². The molecule has 0 aliphatic rings. The number of carbonyl (C=O) groups excluding carboxylic acids is 1. The van der Waals surface area contributed by atoms with Crippen molar-refractivity contribution in [3.05, 3.63) is 54.5 Å². The van der Waals surface area contributed by atoms with Crippen LogP contribution >= 0.6 is 0 Å². The lowest BCUT2D eigenvalue weighted by Gasteiger charge is -2.02. The van der Waals surface area contributed by atoms with Gasteiger partial charge in [0.05, 0.1) is 6.42 Å². The summed E-state index contributed by atoms with van der Waals surface area (Å²) in [7, 11) is 0. The first-order chi connectivity index (χ1) is 7.84. The zero-order valence-corrected chi connectivity index (χ0v) is 8.54. The van der Waals surface area contributed by atoms with Crippen LogP contribution in [0.5, 0.6) is 5.88 Å². The van der Waals surface area contributed by atoms with E-state index in [1.165, 1.54) is 0 Å². The van der Waals surface area contributed by atoms with Crippen molar-refractivity contribution in [1.29, 1.82) is 0 Å². The number of esters is 1. The van der Waals surface area contributed by atoms with E-state index < -0.39 is 0 Å². The highest BCUT2D eigenvalue weighted by Gasteiger charge is 2.06. The Hall–Kier alpha value is -2.23. The van der Waals surface area contributed by atoms with Crippen LogP contribution in [0.4, 0.5) is 0 Å². The summed E-state index contributed by atoms with van der Waals surface area (Å²) in [5.41, 5.74) is 0.871. The fraction of sp³-hybridized carbons (Fsp3) is 0.0833. The van der Waals surface area contributed by atoms with Gasteiger partial charge in [0, 0.05) is 24.7 Å². The second kappa shape index (κ2) is 5.02. The Morgan fingerprint density at radius 1 is 1.12 bits per heavy atom. The minimum Gasteiger partial charge on any atom is -0.407 e. The van der Waals surface area contributed by atoms with Crippen LogP contribution in [-0.4, -0.2) is 15.9 Å². The van der Waals surface area contributed by atoms with Crippen molar-refractivity contribution in [2.24, 2.45) is 0 Å². The van der Waals surface area contributed by atoms with E-state index in [-0.39, 0.29) is 12.4 Å². The highest BCUT2D eigenvalue weighted by molar-refractivity contribution is 5.74. The summed E-state index contributed by atoms with van der Waals surface area (Å²) in [6.45, 7) is 0. The minimum atomic E-state index is -0.329. The highest BCUT2D eigenvalue weighted by Crippen LogP contribution is 2.06. The molecule has 0 amide bonds. The number of nitrogens with zero attached hydrogens (tertiary/aromatic N) is 2. The van der Waals surface area contributed by atoms with Gasteiger partial charge in [-0.05, 0) is 23.8 Å². The first kappa shape index (κ1) is 10.3. The lowest BCUT2D eigenvalue weighted by molar-refractivity contribution is -0.133. The van der Waals surface area contributed by atoms with E-state index in [0.717, 1.165) is 5.56 Å². The molecule has 4 heteroatoms. The minimum absolute atomic E-state index is 0.221. The largest absolute Gasteiger partial charge is 0.407 e. The second-order valence-electron chi connectivity index (χ2n) is 3.17. The van der Waals surface area contributed by atoms with Crippen LogP contribution in [0.1, 0.15) is 5.56 Å². The molecule has 2 aromatic rings. The molecular formula is C12H10N2O2. The van der Waals surface area contributed by atoms with E-state index in [2.05, 4.69) is 9.97 Å². The molecule has 80 valence electrons. The Kier molecular flexibility index (Phi) is 3.23. The average molecular weight is 214 g/mol. The molecule has 0 atom stereocenters. The number of hydrogen-bond acceptors (Lipinski definition) is 4.